The molecule has 1 N–H and O–H groups in total. The maximum absolute atomic E-state index is 13.2. The average molecular weight is 539 g/mol. The molecule has 0 amide bonds. The highest BCUT2D eigenvalue weighted by atomic mass is 16.5. The molecule has 0 radical (unpaired) electrons. The number of benzene rings is 3. The zero-order valence-corrected chi connectivity index (χ0v) is 23.3. The molecule has 0 bridgehead atoms. The smallest absolute Gasteiger partial charge is 0.252 e. The fourth-order valence-corrected chi connectivity index (χ4v) is 5.02. The van der Waals surface area contributed by atoms with Gasteiger partial charge in [0.1, 0.15) is 11.5 Å². The number of ether oxygens (including phenoxy) is 2. The number of fused-ring (bicyclic) bond motifs is 1. The van der Waals surface area contributed by atoms with Gasteiger partial charge in [-0.15, -0.1) is 5.10 Å². The van der Waals surface area contributed by atoms with E-state index in [0.717, 1.165) is 51.3 Å². The zero-order valence-electron chi connectivity index (χ0n) is 23.3. The van der Waals surface area contributed by atoms with Crippen molar-refractivity contribution >= 4 is 10.9 Å². The highest BCUT2D eigenvalue weighted by Gasteiger charge is 2.26. The van der Waals surface area contributed by atoms with E-state index in [1.165, 1.54) is 0 Å². The summed E-state index contributed by atoms with van der Waals surface area (Å²) in [6.45, 7) is 5.72. The molecule has 0 aliphatic heterocycles. The lowest BCUT2D eigenvalue weighted by Gasteiger charge is -2.30. The van der Waals surface area contributed by atoms with Gasteiger partial charge in [-0.25, -0.2) is 4.68 Å². The predicted molar refractivity (Wildman–Crippen MR) is 154 cm³/mol. The summed E-state index contributed by atoms with van der Waals surface area (Å²) in [5.41, 5.74) is 4.73. The fraction of sp³-hybridized carbons (Fsp3) is 0.290. The second kappa shape index (κ2) is 12.1. The molecule has 5 aromatic rings. The van der Waals surface area contributed by atoms with Gasteiger partial charge in [-0.05, 0) is 82.7 Å². The quantitative estimate of drug-likeness (QED) is 0.252. The molecule has 0 saturated heterocycles. The van der Waals surface area contributed by atoms with Crippen LogP contribution >= 0.6 is 0 Å². The van der Waals surface area contributed by atoms with E-state index in [-0.39, 0.29) is 11.6 Å². The first-order valence-corrected chi connectivity index (χ1v) is 13.4. The van der Waals surface area contributed by atoms with Crippen LogP contribution < -0.4 is 15.0 Å². The van der Waals surface area contributed by atoms with Crippen molar-refractivity contribution in [1.82, 2.24) is 30.1 Å². The summed E-state index contributed by atoms with van der Waals surface area (Å²) in [6.07, 6.45) is 0.754. The summed E-state index contributed by atoms with van der Waals surface area (Å²) in [6, 6.07) is 23.8. The van der Waals surface area contributed by atoms with E-state index in [1.807, 2.05) is 71.4 Å². The Hall–Kier alpha value is -4.50. The molecule has 3 aromatic carbocycles. The van der Waals surface area contributed by atoms with Crippen molar-refractivity contribution in [3.8, 4) is 11.5 Å². The number of aryl methyl sites for hydroxylation is 1. The molecular formula is C31H34N6O3. The lowest BCUT2D eigenvalue weighted by atomic mass is 10.1. The second-order valence-corrected chi connectivity index (χ2v) is 9.93. The van der Waals surface area contributed by atoms with E-state index in [9.17, 15) is 4.79 Å². The number of pyridine rings is 1. The third-order valence-corrected chi connectivity index (χ3v) is 7.17. The molecule has 2 heterocycles. The van der Waals surface area contributed by atoms with Gasteiger partial charge in [-0.3, -0.25) is 9.69 Å². The van der Waals surface area contributed by atoms with Gasteiger partial charge in [0.05, 0.1) is 26.8 Å². The summed E-state index contributed by atoms with van der Waals surface area (Å²) in [7, 11) is 3.31. The number of aromatic nitrogens is 5. The number of nitrogens with one attached hydrogen (secondary N) is 1. The Kier molecular flexibility index (Phi) is 8.21. The van der Waals surface area contributed by atoms with Crippen LogP contribution in [0, 0.1) is 6.92 Å². The van der Waals surface area contributed by atoms with E-state index in [1.54, 1.807) is 14.2 Å². The van der Waals surface area contributed by atoms with E-state index < -0.39 is 0 Å². The van der Waals surface area contributed by atoms with Gasteiger partial charge in [0.15, 0.2) is 5.82 Å². The molecular weight excluding hydrogens is 504 g/mol. The Morgan fingerprint density at radius 2 is 1.57 bits per heavy atom. The van der Waals surface area contributed by atoms with E-state index in [4.69, 9.17) is 9.47 Å². The van der Waals surface area contributed by atoms with E-state index in [2.05, 4.69) is 45.3 Å². The summed E-state index contributed by atoms with van der Waals surface area (Å²) >= 11 is 0. The first kappa shape index (κ1) is 27.1. The van der Waals surface area contributed by atoms with Crippen LogP contribution in [-0.2, 0) is 19.6 Å². The van der Waals surface area contributed by atoms with Gasteiger partial charge < -0.3 is 14.5 Å². The minimum Gasteiger partial charge on any atom is -0.497 e. The molecule has 40 heavy (non-hydrogen) atoms. The lowest BCUT2D eigenvalue weighted by molar-refractivity contribution is 0.161. The zero-order chi connectivity index (χ0) is 28.1. The normalized spacial score (nSPS) is 12.1. The Morgan fingerprint density at radius 1 is 0.900 bits per heavy atom. The molecule has 0 aliphatic rings. The summed E-state index contributed by atoms with van der Waals surface area (Å²) < 4.78 is 12.5. The molecule has 206 valence electrons. The minimum atomic E-state index is -0.136. The Labute approximate surface area is 233 Å². The number of hydrogen-bond donors (Lipinski definition) is 1. The average Bonchev–Trinajstić information content (AvgIpc) is 3.42. The SMILES string of the molecule is CC[C@@H](c1nnnn1Cc1ccc(OC)cc1)N(Cc1ccc(OC)cc1)Cc1cc2cc(C)ccc2[nH]c1=O. The monoisotopic (exact) mass is 538 g/mol. The van der Waals surface area contributed by atoms with Crippen LogP contribution in [0.5, 0.6) is 11.5 Å². The highest BCUT2D eigenvalue weighted by Crippen LogP contribution is 2.28. The van der Waals surface area contributed by atoms with Gasteiger partial charge in [0, 0.05) is 24.2 Å². The van der Waals surface area contributed by atoms with Crippen LogP contribution in [0.2, 0.25) is 0 Å². The molecule has 0 unspecified atom stereocenters. The molecule has 9 heteroatoms. The lowest BCUT2D eigenvalue weighted by Crippen LogP contribution is -2.32. The van der Waals surface area contributed by atoms with Crippen molar-refractivity contribution in [2.45, 2.75) is 45.9 Å². The van der Waals surface area contributed by atoms with Crippen LogP contribution in [0.3, 0.4) is 0 Å². The summed E-state index contributed by atoms with van der Waals surface area (Å²) in [5.74, 6) is 2.35. The van der Waals surface area contributed by atoms with Gasteiger partial charge in [0.2, 0.25) is 0 Å². The molecule has 0 fully saturated rings. The van der Waals surface area contributed by atoms with Crippen LogP contribution in [0.4, 0.5) is 0 Å². The predicted octanol–water partition coefficient (Wildman–Crippen LogP) is 5.04. The number of hydrogen-bond acceptors (Lipinski definition) is 7. The van der Waals surface area contributed by atoms with Crippen LogP contribution in [-0.4, -0.2) is 44.3 Å². The fourth-order valence-electron chi connectivity index (χ4n) is 5.02. The Morgan fingerprint density at radius 3 is 2.23 bits per heavy atom. The molecule has 0 spiro atoms. The summed E-state index contributed by atoms with van der Waals surface area (Å²) in [5, 5.41) is 13.8. The van der Waals surface area contributed by atoms with Crippen molar-refractivity contribution in [1.29, 1.82) is 0 Å². The van der Waals surface area contributed by atoms with Crippen LogP contribution in [0.15, 0.2) is 77.6 Å². The Balaban J connectivity index is 1.50. The first-order chi connectivity index (χ1) is 19.5. The maximum atomic E-state index is 13.2. The Bertz CT molecular complexity index is 1630. The third-order valence-electron chi connectivity index (χ3n) is 7.17. The number of tetrazole rings is 1. The number of methoxy groups -OCH3 is 2. The molecule has 0 aliphatic carbocycles. The first-order valence-electron chi connectivity index (χ1n) is 13.4. The van der Waals surface area contributed by atoms with Crippen molar-refractivity contribution in [3.63, 3.8) is 0 Å². The van der Waals surface area contributed by atoms with Gasteiger partial charge in [-0.1, -0.05) is 42.8 Å². The van der Waals surface area contributed by atoms with Gasteiger partial charge in [0.25, 0.3) is 5.56 Å². The number of aromatic amines is 1. The standard InChI is InChI=1S/C31H34N6O3/c1-5-29(30-33-34-35-37(30)19-23-9-13-27(40-4)14-10-23)36(18-22-7-11-26(39-3)12-8-22)20-25-17-24-16-21(2)6-15-28(24)32-31(25)38/h6-17,29H,5,18-20H2,1-4H3,(H,32,38)/t29-/m0/s1. The van der Waals surface area contributed by atoms with E-state index >= 15 is 0 Å². The highest BCUT2D eigenvalue weighted by molar-refractivity contribution is 5.79. The topological polar surface area (TPSA) is 98.2 Å². The second-order valence-electron chi connectivity index (χ2n) is 9.93. The largest absolute Gasteiger partial charge is 0.497 e. The van der Waals surface area contributed by atoms with Crippen molar-refractivity contribution in [2.75, 3.05) is 14.2 Å². The minimum absolute atomic E-state index is 0.0937. The van der Waals surface area contributed by atoms with Crippen molar-refractivity contribution < 1.29 is 9.47 Å². The van der Waals surface area contributed by atoms with Gasteiger partial charge >= 0.3 is 0 Å². The van der Waals surface area contributed by atoms with E-state index in [0.29, 0.717) is 25.2 Å². The number of rotatable bonds is 11. The van der Waals surface area contributed by atoms with Crippen molar-refractivity contribution in [3.05, 3.63) is 111 Å². The van der Waals surface area contributed by atoms with Crippen molar-refractivity contribution in [2.24, 2.45) is 0 Å². The summed E-state index contributed by atoms with van der Waals surface area (Å²) in [4.78, 5) is 18.5. The molecule has 1 atom stereocenters. The van der Waals surface area contributed by atoms with Crippen LogP contribution in [0.25, 0.3) is 10.9 Å². The van der Waals surface area contributed by atoms with Gasteiger partial charge in [-0.2, -0.15) is 0 Å². The molecule has 9 nitrogen and oxygen atoms in total. The molecule has 2 aromatic heterocycles. The third kappa shape index (κ3) is 6.05. The number of nitrogens with zero attached hydrogens (tertiary/aromatic N) is 5. The number of H-pyrrole nitrogens is 1. The molecule has 5 rings (SSSR count). The molecule has 0 saturated carbocycles. The maximum Gasteiger partial charge on any atom is 0.252 e. The van der Waals surface area contributed by atoms with Crippen LogP contribution in [0.1, 0.15) is 47.5 Å².